The van der Waals surface area contributed by atoms with Crippen molar-refractivity contribution in [1.29, 1.82) is 0 Å². The zero-order valence-corrected chi connectivity index (χ0v) is 14.3. The van der Waals surface area contributed by atoms with E-state index in [-0.39, 0.29) is 11.7 Å². The van der Waals surface area contributed by atoms with Crippen molar-refractivity contribution in [3.05, 3.63) is 35.6 Å². The molecular formula is C19H28FN3O. The number of hydrogen-bond acceptors (Lipinski definition) is 3. The molecule has 1 aromatic carbocycles. The smallest absolute Gasteiger partial charge is 0.230 e. The number of amides is 1. The number of nitrogens with one attached hydrogen (secondary N) is 2. The van der Waals surface area contributed by atoms with Crippen molar-refractivity contribution in [2.24, 2.45) is 0 Å². The number of rotatable bonds is 6. The summed E-state index contributed by atoms with van der Waals surface area (Å²) in [6, 6.07) is 6.58. The fourth-order valence-corrected chi connectivity index (χ4v) is 4.02. The van der Waals surface area contributed by atoms with E-state index < -0.39 is 5.41 Å². The fraction of sp³-hybridized carbons (Fsp3) is 0.632. The maximum atomic E-state index is 13.6. The molecule has 1 amide bonds. The van der Waals surface area contributed by atoms with Gasteiger partial charge in [0.15, 0.2) is 0 Å². The Labute approximate surface area is 143 Å². The normalized spacial score (nSPS) is 20.9. The first kappa shape index (κ1) is 17.4. The van der Waals surface area contributed by atoms with Crippen molar-refractivity contribution in [2.75, 3.05) is 39.3 Å². The maximum absolute atomic E-state index is 13.6. The molecule has 132 valence electrons. The van der Waals surface area contributed by atoms with Crippen LogP contribution in [-0.4, -0.2) is 50.1 Å². The Kier molecular flexibility index (Phi) is 5.85. The van der Waals surface area contributed by atoms with E-state index in [1.165, 1.54) is 12.1 Å². The third kappa shape index (κ3) is 3.95. The predicted octanol–water partition coefficient (Wildman–Crippen LogP) is 2.05. The lowest BCUT2D eigenvalue weighted by Crippen LogP contribution is -2.45. The number of carbonyl (C=O) groups excluding carboxylic acids is 1. The van der Waals surface area contributed by atoms with E-state index >= 15 is 0 Å². The molecule has 0 radical (unpaired) electrons. The molecule has 2 aliphatic rings. The average molecular weight is 333 g/mol. The SMILES string of the molecule is O=C(NCCCN1CCNCC1)C1(c2cccc(F)c2)CCCC1. The number of halogens is 1. The van der Waals surface area contributed by atoms with E-state index in [2.05, 4.69) is 15.5 Å². The fourth-order valence-electron chi connectivity index (χ4n) is 4.02. The second kappa shape index (κ2) is 8.08. The van der Waals surface area contributed by atoms with Crippen LogP contribution in [0.25, 0.3) is 0 Å². The molecule has 1 aliphatic heterocycles. The summed E-state index contributed by atoms with van der Waals surface area (Å²) in [5.41, 5.74) is 0.302. The second-order valence-electron chi connectivity index (χ2n) is 7.00. The lowest BCUT2D eigenvalue weighted by molar-refractivity contribution is -0.126. The first-order chi connectivity index (χ1) is 11.7. The molecule has 5 heteroatoms. The monoisotopic (exact) mass is 333 g/mol. The molecule has 0 aromatic heterocycles. The van der Waals surface area contributed by atoms with Crippen LogP contribution in [-0.2, 0) is 10.2 Å². The molecule has 3 rings (SSSR count). The molecule has 0 spiro atoms. The largest absolute Gasteiger partial charge is 0.355 e. The van der Waals surface area contributed by atoms with Crippen LogP contribution in [0.5, 0.6) is 0 Å². The van der Waals surface area contributed by atoms with E-state index in [0.717, 1.165) is 70.4 Å². The molecule has 4 nitrogen and oxygen atoms in total. The number of benzene rings is 1. The number of piperazine rings is 1. The van der Waals surface area contributed by atoms with Crippen LogP contribution < -0.4 is 10.6 Å². The summed E-state index contributed by atoms with van der Waals surface area (Å²) in [6.07, 6.45) is 4.67. The van der Waals surface area contributed by atoms with Crippen molar-refractivity contribution < 1.29 is 9.18 Å². The number of nitrogens with zero attached hydrogens (tertiary/aromatic N) is 1. The van der Waals surface area contributed by atoms with Gasteiger partial charge in [-0.2, -0.15) is 0 Å². The van der Waals surface area contributed by atoms with E-state index in [1.54, 1.807) is 6.07 Å². The molecule has 1 heterocycles. The van der Waals surface area contributed by atoms with Crippen molar-refractivity contribution in [3.8, 4) is 0 Å². The minimum absolute atomic E-state index is 0.0749. The summed E-state index contributed by atoms with van der Waals surface area (Å²) in [7, 11) is 0. The van der Waals surface area contributed by atoms with Crippen LogP contribution in [0.2, 0.25) is 0 Å². The molecule has 0 bridgehead atoms. The third-order valence-corrected chi connectivity index (χ3v) is 5.42. The zero-order chi connectivity index (χ0) is 16.8. The van der Waals surface area contributed by atoms with Gasteiger partial charge in [0.25, 0.3) is 0 Å². The Bertz CT molecular complexity index is 551. The highest BCUT2D eigenvalue weighted by atomic mass is 19.1. The maximum Gasteiger partial charge on any atom is 0.230 e. The van der Waals surface area contributed by atoms with E-state index in [1.807, 2.05) is 6.07 Å². The first-order valence-corrected chi connectivity index (χ1v) is 9.18. The Morgan fingerprint density at radius 3 is 2.71 bits per heavy atom. The minimum atomic E-state index is -0.531. The van der Waals surface area contributed by atoms with Gasteiger partial charge < -0.3 is 15.5 Å². The standard InChI is InChI=1S/C19H28FN3O/c20-17-6-3-5-16(15-17)19(7-1-2-8-19)18(24)22-9-4-12-23-13-10-21-11-14-23/h3,5-6,15,21H,1-2,4,7-14H2,(H,22,24). The molecule has 2 fully saturated rings. The van der Waals surface area contributed by atoms with E-state index in [9.17, 15) is 9.18 Å². The number of carbonyl (C=O) groups is 1. The van der Waals surface area contributed by atoms with Gasteiger partial charge in [-0.3, -0.25) is 4.79 Å². The van der Waals surface area contributed by atoms with Crippen molar-refractivity contribution in [3.63, 3.8) is 0 Å². The first-order valence-electron chi connectivity index (χ1n) is 9.18. The van der Waals surface area contributed by atoms with Crippen LogP contribution in [0.15, 0.2) is 24.3 Å². The van der Waals surface area contributed by atoms with Gasteiger partial charge in [0.2, 0.25) is 5.91 Å². The van der Waals surface area contributed by atoms with Gasteiger partial charge in [0.05, 0.1) is 5.41 Å². The molecule has 1 saturated carbocycles. The molecule has 24 heavy (non-hydrogen) atoms. The van der Waals surface area contributed by atoms with Gasteiger partial charge in [-0.25, -0.2) is 4.39 Å². The van der Waals surface area contributed by atoms with Gasteiger partial charge in [0, 0.05) is 32.7 Å². The lowest BCUT2D eigenvalue weighted by Gasteiger charge is -2.29. The Morgan fingerprint density at radius 2 is 2.00 bits per heavy atom. The van der Waals surface area contributed by atoms with Crippen LogP contribution >= 0.6 is 0 Å². The minimum Gasteiger partial charge on any atom is -0.355 e. The van der Waals surface area contributed by atoms with Gasteiger partial charge >= 0.3 is 0 Å². The highest BCUT2D eigenvalue weighted by molar-refractivity contribution is 5.88. The van der Waals surface area contributed by atoms with Gasteiger partial charge in [0.1, 0.15) is 5.82 Å². The summed E-state index contributed by atoms with van der Waals surface area (Å²) < 4.78 is 13.6. The van der Waals surface area contributed by atoms with Crippen molar-refractivity contribution >= 4 is 5.91 Å². The molecule has 0 atom stereocenters. The summed E-state index contributed by atoms with van der Waals surface area (Å²) in [5.74, 6) is -0.184. The van der Waals surface area contributed by atoms with Crippen molar-refractivity contribution in [1.82, 2.24) is 15.5 Å². The van der Waals surface area contributed by atoms with Crippen LogP contribution in [0, 0.1) is 5.82 Å². The van der Waals surface area contributed by atoms with Gasteiger partial charge in [-0.05, 0) is 43.5 Å². The molecule has 1 aromatic rings. The highest BCUT2D eigenvalue weighted by Crippen LogP contribution is 2.41. The highest BCUT2D eigenvalue weighted by Gasteiger charge is 2.42. The average Bonchev–Trinajstić information content (AvgIpc) is 3.11. The molecule has 1 aliphatic carbocycles. The molecular weight excluding hydrogens is 305 g/mol. The third-order valence-electron chi connectivity index (χ3n) is 5.42. The predicted molar refractivity (Wildman–Crippen MR) is 93.5 cm³/mol. The summed E-state index contributed by atoms with van der Waals surface area (Å²) in [6.45, 7) is 5.99. The van der Waals surface area contributed by atoms with Crippen LogP contribution in [0.4, 0.5) is 4.39 Å². The van der Waals surface area contributed by atoms with Crippen LogP contribution in [0.1, 0.15) is 37.7 Å². The van der Waals surface area contributed by atoms with Gasteiger partial charge in [-0.1, -0.05) is 25.0 Å². The lowest BCUT2D eigenvalue weighted by atomic mass is 9.78. The topological polar surface area (TPSA) is 44.4 Å². The van der Waals surface area contributed by atoms with E-state index in [0.29, 0.717) is 6.54 Å². The van der Waals surface area contributed by atoms with Gasteiger partial charge in [-0.15, -0.1) is 0 Å². The Morgan fingerprint density at radius 1 is 1.25 bits per heavy atom. The Balaban J connectivity index is 1.55. The summed E-state index contributed by atoms with van der Waals surface area (Å²) in [4.78, 5) is 15.3. The van der Waals surface area contributed by atoms with Crippen molar-refractivity contribution in [2.45, 2.75) is 37.5 Å². The molecule has 2 N–H and O–H groups in total. The quantitative estimate of drug-likeness (QED) is 0.783. The number of hydrogen-bond donors (Lipinski definition) is 2. The van der Waals surface area contributed by atoms with E-state index in [4.69, 9.17) is 0 Å². The molecule has 0 unspecified atom stereocenters. The Hall–Kier alpha value is -1.46. The zero-order valence-electron chi connectivity index (χ0n) is 14.3. The summed E-state index contributed by atoms with van der Waals surface area (Å²) >= 11 is 0. The summed E-state index contributed by atoms with van der Waals surface area (Å²) in [5, 5.41) is 6.47. The molecule has 1 saturated heterocycles. The van der Waals surface area contributed by atoms with Crippen LogP contribution in [0.3, 0.4) is 0 Å². The second-order valence-corrected chi connectivity index (χ2v) is 7.00.